The van der Waals surface area contributed by atoms with Crippen LogP contribution in [0.4, 0.5) is 0 Å². The predicted molar refractivity (Wildman–Crippen MR) is 109 cm³/mol. The van der Waals surface area contributed by atoms with Gasteiger partial charge in [-0.15, -0.1) is 0 Å². The summed E-state index contributed by atoms with van der Waals surface area (Å²) in [4.78, 5) is 15.7. The SMILES string of the molecule is Cc1cccc(C(=NNC(=O)c2cc3ccccc3[nH]2)c2ccccc2)c1. The van der Waals surface area contributed by atoms with Crippen LogP contribution in [0.5, 0.6) is 0 Å². The number of carbonyl (C=O) groups excluding carboxylic acids is 1. The Bertz CT molecular complexity index is 1090. The molecular weight excluding hydrogens is 334 g/mol. The highest BCUT2D eigenvalue weighted by Gasteiger charge is 2.11. The van der Waals surface area contributed by atoms with Crippen LogP contribution in [-0.2, 0) is 0 Å². The molecule has 1 heterocycles. The van der Waals surface area contributed by atoms with E-state index in [2.05, 4.69) is 21.6 Å². The molecule has 2 N–H and O–H groups in total. The molecule has 4 nitrogen and oxygen atoms in total. The van der Waals surface area contributed by atoms with Gasteiger partial charge in [0, 0.05) is 22.0 Å². The van der Waals surface area contributed by atoms with Crippen LogP contribution in [0.25, 0.3) is 10.9 Å². The van der Waals surface area contributed by atoms with E-state index in [9.17, 15) is 4.79 Å². The van der Waals surface area contributed by atoms with Gasteiger partial charge in [0.15, 0.2) is 0 Å². The van der Waals surface area contributed by atoms with Crippen molar-refractivity contribution < 1.29 is 4.79 Å². The van der Waals surface area contributed by atoms with Gasteiger partial charge in [-0.2, -0.15) is 5.10 Å². The molecule has 0 unspecified atom stereocenters. The van der Waals surface area contributed by atoms with E-state index < -0.39 is 0 Å². The Hall–Kier alpha value is -3.66. The molecule has 0 aliphatic carbocycles. The smallest absolute Gasteiger partial charge is 0.287 e. The Balaban J connectivity index is 1.67. The summed E-state index contributed by atoms with van der Waals surface area (Å²) in [5, 5.41) is 5.44. The van der Waals surface area contributed by atoms with Crippen LogP contribution in [0.3, 0.4) is 0 Å². The van der Waals surface area contributed by atoms with Crippen molar-refractivity contribution in [3.05, 3.63) is 107 Å². The predicted octanol–water partition coefficient (Wildman–Crippen LogP) is 4.66. The Kier molecular flexibility index (Phi) is 4.54. The molecule has 4 aromatic rings. The monoisotopic (exact) mass is 353 g/mol. The molecule has 132 valence electrons. The third-order valence-electron chi connectivity index (χ3n) is 4.38. The molecule has 1 aromatic heterocycles. The molecule has 0 saturated heterocycles. The van der Waals surface area contributed by atoms with Crippen molar-refractivity contribution in [2.45, 2.75) is 6.92 Å². The number of H-pyrrole nitrogens is 1. The summed E-state index contributed by atoms with van der Waals surface area (Å²) in [5.41, 5.74) is 7.87. The van der Waals surface area contributed by atoms with Gasteiger partial charge in [-0.05, 0) is 25.1 Å². The molecule has 0 aliphatic heterocycles. The lowest BCUT2D eigenvalue weighted by Crippen LogP contribution is -2.21. The highest BCUT2D eigenvalue weighted by Crippen LogP contribution is 2.15. The van der Waals surface area contributed by atoms with Crippen LogP contribution < -0.4 is 5.43 Å². The molecule has 27 heavy (non-hydrogen) atoms. The second kappa shape index (κ2) is 7.30. The molecule has 0 aliphatic rings. The number of amides is 1. The molecule has 0 bridgehead atoms. The van der Waals surface area contributed by atoms with Crippen molar-refractivity contribution in [2.24, 2.45) is 5.10 Å². The number of hydrazone groups is 1. The van der Waals surface area contributed by atoms with E-state index in [0.29, 0.717) is 5.69 Å². The fourth-order valence-electron chi connectivity index (χ4n) is 3.05. The van der Waals surface area contributed by atoms with E-state index in [-0.39, 0.29) is 5.91 Å². The zero-order valence-electron chi connectivity index (χ0n) is 14.9. The summed E-state index contributed by atoms with van der Waals surface area (Å²) >= 11 is 0. The number of fused-ring (bicyclic) bond motifs is 1. The van der Waals surface area contributed by atoms with E-state index in [1.807, 2.05) is 85.8 Å². The Morgan fingerprint density at radius 2 is 1.59 bits per heavy atom. The lowest BCUT2D eigenvalue weighted by atomic mass is 10.0. The number of benzene rings is 3. The molecule has 0 radical (unpaired) electrons. The van der Waals surface area contributed by atoms with Crippen LogP contribution in [-0.4, -0.2) is 16.6 Å². The number of rotatable bonds is 4. The van der Waals surface area contributed by atoms with Crippen LogP contribution >= 0.6 is 0 Å². The van der Waals surface area contributed by atoms with Crippen LogP contribution in [0.1, 0.15) is 27.2 Å². The van der Waals surface area contributed by atoms with E-state index in [1.165, 1.54) is 0 Å². The Morgan fingerprint density at radius 1 is 0.852 bits per heavy atom. The number of aryl methyl sites for hydroxylation is 1. The number of hydrogen-bond donors (Lipinski definition) is 2. The second-order valence-corrected chi connectivity index (χ2v) is 6.41. The first-order chi connectivity index (χ1) is 13.2. The topological polar surface area (TPSA) is 57.2 Å². The zero-order valence-corrected chi connectivity index (χ0v) is 14.9. The minimum Gasteiger partial charge on any atom is -0.350 e. The average molecular weight is 353 g/mol. The third kappa shape index (κ3) is 3.65. The number of aromatic nitrogens is 1. The van der Waals surface area contributed by atoms with Gasteiger partial charge in [0.1, 0.15) is 5.69 Å². The van der Waals surface area contributed by atoms with Crippen LogP contribution in [0, 0.1) is 6.92 Å². The second-order valence-electron chi connectivity index (χ2n) is 6.41. The van der Waals surface area contributed by atoms with Gasteiger partial charge >= 0.3 is 0 Å². The first-order valence-corrected chi connectivity index (χ1v) is 8.79. The average Bonchev–Trinajstić information content (AvgIpc) is 3.13. The van der Waals surface area contributed by atoms with Crippen molar-refractivity contribution >= 4 is 22.5 Å². The Labute approximate surface area is 157 Å². The minimum absolute atomic E-state index is 0.271. The maximum atomic E-state index is 12.6. The van der Waals surface area contributed by atoms with Crippen LogP contribution in [0.15, 0.2) is 90.0 Å². The van der Waals surface area contributed by atoms with Crippen LogP contribution in [0.2, 0.25) is 0 Å². The normalized spacial score (nSPS) is 11.5. The summed E-state index contributed by atoms with van der Waals surface area (Å²) in [7, 11) is 0. The molecule has 0 spiro atoms. The summed E-state index contributed by atoms with van der Waals surface area (Å²) in [6, 6.07) is 27.5. The molecule has 4 rings (SSSR count). The molecule has 0 fully saturated rings. The highest BCUT2D eigenvalue weighted by molar-refractivity contribution is 6.13. The van der Waals surface area contributed by atoms with Gasteiger partial charge in [0.25, 0.3) is 5.91 Å². The number of para-hydroxylation sites is 1. The van der Waals surface area contributed by atoms with E-state index in [4.69, 9.17) is 0 Å². The van der Waals surface area contributed by atoms with Crippen molar-refractivity contribution in [2.75, 3.05) is 0 Å². The number of hydrogen-bond acceptors (Lipinski definition) is 2. The first-order valence-electron chi connectivity index (χ1n) is 8.79. The molecule has 4 heteroatoms. The van der Waals surface area contributed by atoms with Crippen molar-refractivity contribution in [1.82, 2.24) is 10.4 Å². The van der Waals surface area contributed by atoms with Crippen molar-refractivity contribution in [3.63, 3.8) is 0 Å². The van der Waals surface area contributed by atoms with E-state index in [1.54, 1.807) is 0 Å². The number of nitrogens with one attached hydrogen (secondary N) is 2. The maximum Gasteiger partial charge on any atom is 0.287 e. The summed E-state index contributed by atoms with van der Waals surface area (Å²) in [6.45, 7) is 2.04. The van der Waals surface area contributed by atoms with Gasteiger partial charge in [0.05, 0.1) is 5.71 Å². The van der Waals surface area contributed by atoms with Gasteiger partial charge in [-0.1, -0.05) is 72.3 Å². The van der Waals surface area contributed by atoms with Gasteiger partial charge in [-0.25, -0.2) is 5.43 Å². The molecule has 3 aromatic carbocycles. The zero-order chi connectivity index (χ0) is 18.6. The quantitative estimate of drug-likeness (QED) is 0.407. The molecule has 0 atom stereocenters. The van der Waals surface area contributed by atoms with Gasteiger partial charge < -0.3 is 4.98 Å². The molecular formula is C23H19N3O. The lowest BCUT2D eigenvalue weighted by Gasteiger charge is -2.08. The number of nitrogens with zero attached hydrogens (tertiary/aromatic N) is 1. The van der Waals surface area contributed by atoms with E-state index in [0.717, 1.165) is 33.3 Å². The van der Waals surface area contributed by atoms with E-state index >= 15 is 0 Å². The fraction of sp³-hybridized carbons (Fsp3) is 0.0435. The minimum atomic E-state index is -0.271. The Morgan fingerprint density at radius 3 is 2.37 bits per heavy atom. The number of aromatic amines is 1. The number of carbonyl (C=O) groups is 1. The first kappa shape index (κ1) is 16.8. The lowest BCUT2D eigenvalue weighted by molar-refractivity contribution is 0.0951. The summed E-state index contributed by atoms with van der Waals surface area (Å²) < 4.78 is 0. The fourth-order valence-corrected chi connectivity index (χ4v) is 3.05. The van der Waals surface area contributed by atoms with Crippen molar-refractivity contribution in [3.8, 4) is 0 Å². The van der Waals surface area contributed by atoms with Gasteiger partial charge in [0.2, 0.25) is 0 Å². The standard InChI is InChI=1S/C23H19N3O/c1-16-8-7-12-19(14-16)22(17-9-3-2-4-10-17)25-26-23(27)21-15-18-11-5-6-13-20(18)24-21/h2-15,24H,1H3,(H,26,27). The maximum absolute atomic E-state index is 12.6. The third-order valence-corrected chi connectivity index (χ3v) is 4.38. The summed E-state index contributed by atoms with van der Waals surface area (Å²) in [6.07, 6.45) is 0. The highest BCUT2D eigenvalue weighted by atomic mass is 16.2. The van der Waals surface area contributed by atoms with Gasteiger partial charge in [-0.3, -0.25) is 4.79 Å². The molecule has 0 saturated carbocycles. The molecule has 1 amide bonds. The summed E-state index contributed by atoms with van der Waals surface area (Å²) in [5.74, 6) is -0.271. The largest absolute Gasteiger partial charge is 0.350 e. The van der Waals surface area contributed by atoms with Crippen molar-refractivity contribution in [1.29, 1.82) is 0 Å².